The van der Waals surface area contributed by atoms with Crippen molar-refractivity contribution in [2.45, 2.75) is 6.92 Å². The number of aromatic nitrogens is 1. The largest absolute Gasteiger partial charge is 0.456 e. The molecule has 0 spiro atoms. The number of rotatable bonds is 4. The van der Waals surface area contributed by atoms with E-state index >= 15 is 0 Å². The van der Waals surface area contributed by atoms with Crippen LogP contribution in [-0.2, 0) is 0 Å². The summed E-state index contributed by atoms with van der Waals surface area (Å²) >= 11 is 0. The molecule has 3 heterocycles. The van der Waals surface area contributed by atoms with E-state index in [1.807, 2.05) is 12.1 Å². The number of furan rings is 2. The minimum absolute atomic E-state index is 0.823. The molecule has 0 atom stereocenters. The third kappa shape index (κ3) is 3.25. The second kappa shape index (κ2) is 8.62. The van der Waals surface area contributed by atoms with E-state index in [0.29, 0.717) is 0 Å². The van der Waals surface area contributed by atoms with Gasteiger partial charge >= 0.3 is 0 Å². The Labute approximate surface area is 230 Å². The van der Waals surface area contributed by atoms with Crippen molar-refractivity contribution >= 4 is 71.3 Å². The molecule has 8 rings (SSSR count). The molecule has 5 aromatic carbocycles. The summed E-state index contributed by atoms with van der Waals surface area (Å²) in [5.74, 6) is 0. The Hall–Kier alpha value is -5.28. The first kappa shape index (κ1) is 22.7. The molecule has 0 bridgehead atoms. The molecule has 0 aliphatic carbocycles. The van der Waals surface area contributed by atoms with Crippen molar-refractivity contribution in [1.29, 1.82) is 0 Å². The average Bonchev–Trinajstić information content (AvgIpc) is 3.64. The number of benzene rings is 5. The second-order valence-corrected chi connectivity index (χ2v) is 10.1. The van der Waals surface area contributed by atoms with Crippen molar-refractivity contribution in [3.8, 4) is 5.69 Å². The molecule has 40 heavy (non-hydrogen) atoms. The highest BCUT2D eigenvalue weighted by atomic mass is 16.3. The van der Waals surface area contributed by atoms with Gasteiger partial charge in [0, 0.05) is 44.1 Å². The predicted octanol–water partition coefficient (Wildman–Crippen LogP) is 10.7. The molecule has 0 aliphatic rings. The summed E-state index contributed by atoms with van der Waals surface area (Å²) < 4.78 is 14.9. The lowest BCUT2D eigenvalue weighted by molar-refractivity contribution is 0.656. The van der Waals surface area contributed by atoms with E-state index in [1.54, 1.807) is 6.08 Å². The van der Waals surface area contributed by atoms with Gasteiger partial charge in [-0.2, -0.15) is 0 Å². The van der Waals surface area contributed by atoms with Crippen LogP contribution in [0.4, 0.5) is 0 Å². The van der Waals surface area contributed by atoms with E-state index in [-0.39, 0.29) is 0 Å². The molecule has 0 saturated carbocycles. The average molecular weight is 516 g/mol. The molecule has 8 aromatic rings. The van der Waals surface area contributed by atoms with Crippen molar-refractivity contribution in [3.05, 3.63) is 134 Å². The van der Waals surface area contributed by atoms with E-state index in [9.17, 15) is 0 Å². The van der Waals surface area contributed by atoms with Crippen LogP contribution >= 0.6 is 0 Å². The summed E-state index contributed by atoms with van der Waals surface area (Å²) in [7, 11) is 0. The van der Waals surface area contributed by atoms with Crippen LogP contribution in [0.3, 0.4) is 0 Å². The quantitative estimate of drug-likeness (QED) is 0.218. The van der Waals surface area contributed by atoms with Crippen LogP contribution in [0.5, 0.6) is 0 Å². The minimum Gasteiger partial charge on any atom is -0.456 e. The summed E-state index contributed by atoms with van der Waals surface area (Å²) in [6.45, 7) is 5.86. The molecule has 190 valence electrons. The molecule has 3 aromatic heterocycles. The Morgan fingerprint density at radius 2 is 1.23 bits per heavy atom. The standard InChI is InChI=1S/C37H25NO2/c1-3-5-10-23(4-2)24-15-17-34-28(19-24)30-21-31-29-20-25(16-18-35(29)40-37(31)22-36(30)39-34)38-32-13-8-6-11-26(32)27-12-7-9-14-33(27)38/h3-22H,1H2,2H3/b10-5-,23-4+. The van der Waals surface area contributed by atoms with Crippen LogP contribution in [-0.4, -0.2) is 4.57 Å². The Balaban J connectivity index is 1.37. The van der Waals surface area contributed by atoms with Crippen molar-refractivity contribution in [3.63, 3.8) is 0 Å². The van der Waals surface area contributed by atoms with E-state index in [0.717, 1.165) is 60.7 Å². The molecule has 0 unspecified atom stereocenters. The predicted molar refractivity (Wildman–Crippen MR) is 168 cm³/mol. The number of fused-ring (bicyclic) bond motifs is 9. The maximum absolute atomic E-state index is 6.33. The molecular weight excluding hydrogens is 490 g/mol. The van der Waals surface area contributed by atoms with Crippen LogP contribution < -0.4 is 0 Å². The highest BCUT2D eigenvalue weighted by molar-refractivity contribution is 6.16. The molecular formula is C37H25NO2. The Morgan fingerprint density at radius 3 is 1.88 bits per heavy atom. The van der Waals surface area contributed by atoms with Gasteiger partial charge in [0.15, 0.2) is 0 Å². The Bertz CT molecular complexity index is 2300. The summed E-state index contributed by atoms with van der Waals surface area (Å²) in [5.41, 5.74) is 9.15. The lowest BCUT2D eigenvalue weighted by Crippen LogP contribution is -1.93. The first-order valence-corrected chi connectivity index (χ1v) is 13.5. The van der Waals surface area contributed by atoms with Crippen LogP contribution in [0.15, 0.2) is 137 Å². The van der Waals surface area contributed by atoms with E-state index < -0.39 is 0 Å². The zero-order valence-electron chi connectivity index (χ0n) is 22.0. The fourth-order valence-corrected chi connectivity index (χ4v) is 6.09. The van der Waals surface area contributed by atoms with Crippen LogP contribution in [0.2, 0.25) is 0 Å². The smallest absolute Gasteiger partial charge is 0.139 e. The second-order valence-electron chi connectivity index (χ2n) is 10.1. The van der Waals surface area contributed by atoms with Crippen molar-refractivity contribution in [1.82, 2.24) is 4.57 Å². The maximum Gasteiger partial charge on any atom is 0.139 e. The van der Waals surface area contributed by atoms with Gasteiger partial charge in [0.2, 0.25) is 0 Å². The van der Waals surface area contributed by atoms with Crippen molar-refractivity contribution < 1.29 is 8.83 Å². The molecule has 0 fully saturated rings. The molecule has 3 heteroatoms. The lowest BCUT2D eigenvalue weighted by Gasteiger charge is -2.08. The van der Waals surface area contributed by atoms with E-state index in [1.165, 1.54) is 21.8 Å². The minimum atomic E-state index is 0.823. The SMILES string of the molecule is C=C/C=C\C(=C/C)c1ccc2oc3cc4oc5ccc(-n6c7ccccc7c7ccccc76)cc5c4cc3c2c1. The summed E-state index contributed by atoms with van der Waals surface area (Å²) in [6, 6.07) is 34.3. The van der Waals surface area contributed by atoms with Gasteiger partial charge in [0.1, 0.15) is 22.3 Å². The zero-order chi connectivity index (χ0) is 26.8. The lowest BCUT2D eigenvalue weighted by atomic mass is 10.0. The summed E-state index contributed by atoms with van der Waals surface area (Å²) in [5, 5.41) is 6.84. The van der Waals surface area contributed by atoms with E-state index in [2.05, 4.69) is 121 Å². The number of hydrogen-bond donors (Lipinski definition) is 0. The Morgan fingerprint density at radius 1 is 0.625 bits per heavy atom. The normalized spacial score (nSPS) is 12.8. The first-order chi connectivity index (χ1) is 19.7. The maximum atomic E-state index is 6.33. The van der Waals surface area contributed by atoms with Gasteiger partial charge in [0.05, 0.1) is 11.0 Å². The molecule has 0 amide bonds. The van der Waals surface area contributed by atoms with Gasteiger partial charge in [-0.25, -0.2) is 0 Å². The third-order valence-electron chi connectivity index (χ3n) is 7.94. The van der Waals surface area contributed by atoms with Crippen LogP contribution in [0, 0.1) is 0 Å². The van der Waals surface area contributed by atoms with Crippen molar-refractivity contribution in [2.75, 3.05) is 0 Å². The number of hydrogen-bond acceptors (Lipinski definition) is 2. The van der Waals surface area contributed by atoms with Crippen LogP contribution in [0.1, 0.15) is 12.5 Å². The zero-order valence-corrected chi connectivity index (χ0v) is 22.0. The van der Waals surface area contributed by atoms with Gasteiger partial charge in [-0.05, 0) is 66.6 Å². The number of nitrogens with zero attached hydrogens (tertiary/aromatic N) is 1. The van der Waals surface area contributed by atoms with Gasteiger partial charge in [0.25, 0.3) is 0 Å². The van der Waals surface area contributed by atoms with Crippen molar-refractivity contribution in [2.24, 2.45) is 0 Å². The highest BCUT2D eigenvalue weighted by Crippen LogP contribution is 2.39. The summed E-state index contributed by atoms with van der Waals surface area (Å²) in [6.07, 6.45) is 7.95. The number of para-hydroxylation sites is 2. The van der Waals surface area contributed by atoms with Gasteiger partial charge in [-0.15, -0.1) is 0 Å². The van der Waals surface area contributed by atoms with E-state index in [4.69, 9.17) is 8.83 Å². The fourth-order valence-electron chi connectivity index (χ4n) is 6.09. The molecule has 0 saturated heterocycles. The highest BCUT2D eigenvalue weighted by Gasteiger charge is 2.16. The summed E-state index contributed by atoms with van der Waals surface area (Å²) in [4.78, 5) is 0. The van der Waals surface area contributed by atoms with Gasteiger partial charge < -0.3 is 13.4 Å². The molecule has 0 aliphatic heterocycles. The molecule has 3 nitrogen and oxygen atoms in total. The molecule has 0 radical (unpaired) electrons. The Kier molecular flexibility index (Phi) is 4.89. The fraction of sp³-hybridized carbons (Fsp3) is 0.0270. The molecule has 0 N–H and O–H groups in total. The third-order valence-corrected chi connectivity index (χ3v) is 7.94. The van der Waals surface area contributed by atoms with Crippen LogP contribution in [0.25, 0.3) is 76.9 Å². The number of allylic oxidation sites excluding steroid dienone is 5. The first-order valence-electron chi connectivity index (χ1n) is 13.5. The van der Waals surface area contributed by atoms with Gasteiger partial charge in [-0.1, -0.05) is 73.3 Å². The van der Waals surface area contributed by atoms with Gasteiger partial charge in [-0.3, -0.25) is 0 Å². The topological polar surface area (TPSA) is 31.2 Å². The monoisotopic (exact) mass is 515 g/mol.